The van der Waals surface area contributed by atoms with Gasteiger partial charge in [0, 0.05) is 20.6 Å². The van der Waals surface area contributed by atoms with E-state index in [1.165, 1.54) is 17.2 Å². The molecule has 2 aromatic heterocycles. The molecule has 3 aromatic rings. The molecule has 0 atom stereocenters. The number of fused-ring (bicyclic) bond motifs is 1. The minimum Gasteiger partial charge on any atom is -0.299 e. The Morgan fingerprint density at radius 1 is 1.19 bits per heavy atom. The summed E-state index contributed by atoms with van der Waals surface area (Å²) in [5.41, 5.74) is 4.73. The van der Waals surface area contributed by atoms with Crippen molar-refractivity contribution in [2.24, 2.45) is 19.2 Å². The first-order valence-electron chi connectivity index (χ1n) is 8.07. The summed E-state index contributed by atoms with van der Waals surface area (Å²) in [5, 5.41) is 4.20. The summed E-state index contributed by atoms with van der Waals surface area (Å²) in [7, 11) is 3.02. The van der Waals surface area contributed by atoms with Crippen LogP contribution in [-0.2, 0) is 20.6 Å². The van der Waals surface area contributed by atoms with E-state index in [-0.39, 0.29) is 0 Å². The van der Waals surface area contributed by atoms with Crippen LogP contribution in [0.15, 0.2) is 51.6 Å². The number of imidazole rings is 1. The Balaban J connectivity index is 2.06. The highest BCUT2D eigenvalue weighted by Crippen LogP contribution is 2.15. The second kappa shape index (κ2) is 6.83. The van der Waals surface area contributed by atoms with E-state index in [0.29, 0.717) is 23.7 Å². The number of benzene rings is 1. The van der Waals surface area contributed by atoms with E-state index in [9.17, 15) is 9.59 Å². The van der Waals surface area contributed by atoms with Gasteiger partial charge in [-0.25, -0.2) is 10.2 Å². The average Bonchev–Trinajstić information content (AvgIpc) is 2.99. The topological polar surface area (TPSA) is 86.2 Å². The van der Waals surface area contributed by atoms with Crippen LogP contribution >= 0.6 is 0 Å². The molecule has 0 amide bonds. The maximum atomic E-state index is 12.5. The molecule has 1 aromatic carbocycles. The molecular weight excluding hydrogens is 332 g/mol. The molecular formula is C18H20N6O2. The van der Waals surface area contributed by atoms with Crippen molar-refractivity contribution in [3.05, 3.63) is 68.9 Å². The average molecular weight is 352 g/mol. The predicted octanol–water partition coefficient (Wildman–Crippen LogP) is 1.37. The molecule has 2 heterocycles. The zero-order chi connectivity index (χ0) is 18.8. The minimum absolute atomic E-state index is 0.299. The van der Waals surface area contributed by atoms with Gasteiger partial charge in [-0.3, -0.25) is 18.5 Å². The van der Waals surface area contributed by atoms with Gasteiger partial charge in [0.15, 0.2) is 11.2 Å². The lowest BCUT2D eigenvalue weighted by Gasteiger charge is -2.06. The molecule has 3 rings (SSSR count). The minimum atomic E-state index is -0.430. The molecule has 0 spiro atoms. The summed E-state index contributed by atoms with van der Waals surface area (Å²) >= 11 is 0. The van der Waals surface area contributed by atoms with Gasteiger partial charge in [0.05, 0.1) is 6.21 Å². The summed E-state index contributed by atoms with van der Waals surface area (Å²) in [4.78, 5) is 29.0. The number of hydrazone groups is 1. The number of nitrogens with one attached hydrogen (secondary N) is 1. The van der Waals surface area contributed by atoms with Gasteiger partial charge in [-0.1, -0.05) is 35.9 Å². The van der Waals surface area contributed by atoms with E-state index >= 15 is 0 Å². The van der Waals surface area contributed by atoms with Crippen LogP contribution in [0, 0.1) is 6.92 Å². The number of rotatable bonds is 5. The highest BCUT2D eigenvalue weighted by atomic mass is 16.2. The van der Waals surface area contributed by atoms with Crippen LogP contribution in [0.1, 0.15) is 11.1 Å². The van der Waals surface area contributed by atoms with E-state index in [0.717, 1.165) is 10.1 Å². The number of hydrogen-bond donors (Lipinski definition) is 1. The Morgan fingerprint density at radius 2 is 1.88 bits per heavy atom. The SMILES string of the molecule is C=CCn1c(N/N=C/c2ccc(C)cc2)nc2c1c(=O)n(C)c(=O)n2C. The van der Waals surface area contributed by atoms with E-state index < -0.39 is 11.2 Å². The maximum Gasteiger partial charge on any atom is 0.332 e. The summed E-state index contributed by atoms with van der Waals surface area (Å²) < 4.78 is 4.05. The van der Waals surface area contributed by atoms with Gasteiger partial charge in [0.1, 0.15) is 0 Å². The van der Waals surface area contributed by atoms with Crippen molar-refractivity contribution in [2.45, 2.75) is 13.5 Å². The van der Waals surface area contributed by atoms with Crippen LogP contribution in [0.5, 0.6) is 0 Å². The van der Waals surface area contributed by atoms with Crippen LogP contribution in [0.3, 0.4) is 0 Å². The number of anilines is 1. The number of aromatic nitrogens is 4. The quantitative estimate of drug-likeness (QED) is 0.427. The standard InChI is InChI=1S/C18H20N6O2/c1-5-10-24-14-15(22(3)18(26)23(4)16(14)25)20-17(24)21-19-11-13-8-6-12(2)7-9-13/h5-9,11H,1,10H2,2-4H3,(H,20,21)/b19-11+. The van der Waals surface area contributed by atoms with Crippen molar-refractivity contribution in [2.75, 3.05) is 5.43 Å². The van der Waals surface area contributed by atoms with Crippen molar-refractivity contribution < 1.29 is 0 Å². The molecule has 0 saturated carbocycles. The molecule has 1 N–H and O–H groups in total. The van der Waals surface area contributed by atoms with Crippen molar-refractivity contribution in [3.8, 4) is 0 Å². The molecule has 0 aliphatic rings. The smallest absolute Gasteiger partial charge is 0.299 e. The largest absolute Gasteiger partial charge is 0.332 e. The molecule has 8 nitrogen and oxygen atoms in total. The first kappa shape index (κ1) is 17.4. The Morgan fingerprint density at radius 3 is 2.54 bits per heavy atom. The zero-order valence-corrected chi connectivity index (χ0v) is 14.9. The van der Waals surface area contributed by atoms with Crippen molar-refractivity contribution in [3.63, 3.8) is 0 Å². The third-order valence-electron chi connectivity index (χ3n) is 4.12. The molecule has 0 bridgehead atoms. The fourth-order valence-electron chi connectivity index (χ4n) is 2.66. The van der Waals surface area contributed by atoms with E-state index in [1.807, 2.05) is 31.2 Å². The number of allylic oxidation sites excluding steroid dienone is 1. The monoisotopic (exact) mass is 352 g/mol. The molecule has 0 radical (unpaired) electrons. The maximum absolute atomic E-state index is 12.5. The summed E-state index contributed by atoms with van der Waals surface area (Å²) in [6, 6.07) is 7.89. The van der Waals surface area contributed by atoms with Crippen LogP contribution < -0.4 is 16.7 Å². The lowest BCUT2D eigenvalue weighted by atomic mass is 10.2. The Kier molecular flexibility index (Phi) is 4.57. The van der Waals surface area contributed by atoms with E-state index in [4.69, 9.17) is 0 Å². The second-order valence-electron chi connectivity index (χ2n) is 5.99. The van der Waals surface area contributed by atoms with Gasteiger partial charge in [0.2, 0.25) is 5.95 Å². The fraction of sp³-hybridized carbons (Fsp3) is 0.222. The third-order valence-corrected chi connectivity index (χ3v) is 4.12. The Bertz CT molecular complexity index is 1120. The van der Waals surface area contributed by atoms with E-state index in [1.54, 1.807) is 23.9 Å². The molecule has 0 aliphatic carbocycles. The first-order chi connectivity index (χ1) is 12.4. The summed E-state index contributed by atoms with van der Waals surface area (Å²) in [5.74, 6) is 0.363. The molecule has 0 saturated heterocycles. The van der Waals surface area contributed by atoms with Gasteiger partial charge < -0.3 is 0 Å². The van der Waals surface area contributed by atoms with Crippen LogP contribution in [-0.4, -0.2) is 24.9 Å². The fourth-order valence-corrected chi connectivity index (χ4v) is 2.66. The molecule has 26 heavy (non-hydrogen) atoms. The summed E-state index contributed by atoms with van der Waals surface area (Å²) in [6.45, 7) is 6.09. The van der Waals surface area contributed by atoms with Gasteiger partial charge in [0.25, 0.3) is 5.56 Å². The zero-order valence-electron chi connectivity index (χ0n) is 14.9. The van der Waals surface area contributed by atoms with Gasteiger partial charge in [-0.15, -0.1) is 6.58 Å². The Labute approximate surface area is 149 Å². The van der Waals surface area contributed by atoms with Crippen molar-refractivity contribution in [1.29, 1.82) is 0 Å². The van der Waals surface area contributed by atoms with Gasteiger partial charge in [-0.05, 0) is 12.5 Å². The number of hydrogen-bond acceptors (Lipinski definition) is 5. The first-order valence-corrected chi connectivity index (χ1v) is 8.07. The van der Waals surface area contributed by atoms with Crippen LogP contribution in [0.25, 0.3) is 11.2 Å². The predicted molar refractivity (Wildman–Crippen MR) is 103 cm³/mol. The summed E-state index contributed by atoms with van der Waals surface area (Å²) in [6.07, 6.45) is 3.31. The van der Waals surface area contributed by atoms with Gasteiger partial charge >= 0.3 is 5.69 Å². The lowest BCUT2D eigenvalue weighted by Crippen LogP contribution is -2.37. The van der Waals surface area contributed by atoms with Crippen LogP contribution in [0.4, 0.5) is 5.95 Å². The second-order valence-corrected chi connectivity index (χ2v) is 5.99. The lowest BCUT2D eigenvalue weighted by molar-refractivity contribution is 0.703. The van der Waals surface area contributed by atoms with Crippen LogP contribution in [0.2, 0.25) is 0 Å². The number of aryl methyl sites for hydroxylation is 2. The van der Waals surface area contributed by atoms with Crippen molar-refractivity contribution in [1.82, 2.24) is 18.7 Å². The molecule has 0 aliphatic heterocycles. The highest BCUT2D eigenvalue weighted by molar-refractivity contribution is 5.80. The number of nitrogens with zero attached hydrogens (tertiary/aromatic N) is 5. The highest BCUT2D eigenvalue weighted by Gasteiger charge is 2.18. The van der Waals surface area contributed by atoms with Gasteiger partial charge in [-0.2, -0.15) is 10.1 Å². The third kappa shape index (κ3) is 2.97. The van der Waals surface area contributed by atoms with Crippen molar-refractivity contribution >= 4 is 23.3 Å². The molecule has 134 valence electrons. The molecule has 0 fully saturated rings. The molecule has 0 unspecified atom stereocenters. The van der Waals surface area contributed by atoms with E-state index in [2.05, 4.69) is 22.1 Å². The molecule has 8 heteroatoms. The normalized spacial score (nSPS) is 11.3. The Hall–Kier alpha value is -3.42.